The van der Waals surface area contributed by atoms with E-state index < -0.39 is 24.4 Å². The predicted molar refractivity (Wildman–Crippen MR) is 84.6 cm³/mol. The van der Waals surface area contributed by atoms with Crippen LogP contribution in [-0.2, 0) is 20.7 Å². The van der Waals surface area contributed by atoms with E-state index in [1.807, 2.05) is 0 Å². The normalized spacial score (nSPS) is 10.0. The summed E-state index contributed by atoms with van der Waals surface area (Å²) in [5.74, 6) is -2.16. The van der Waals surface area contributed by atoms with Gasteiger partial charge in [0.1, 0.15) is 5.82 Å². The largest absolute Gasteiger partial charge is 0.456 e. The zero-order valence-electron chi connectivity index (χ0n) is 12.8. The van der Waals surface area contributed by atoms with Gasteiger partial charge in [0.15, 0.2) is 6.61 Å². The monoisotopic (exact) mass is 329 g/mol. The number of amides is 2. The zero-order chi connectivity index (χ0) is 17.4. The number of esters is 1. The number of benzene rings is 2. The van der Waals surface area contributed by atoms with Gasteiger partial charge in [0.2, 0.25) is 0 Å². The van der Waals surface area contributed by atoms with Gasteiger partial charge in [-0.05, 0) is 36.2 Å². The first-order chi connectivity index (χ1) is 11.5. The van der Waals surface area contributed by atoms with Gasteiger partial charge >= 0.3 is 5.97 Å². The number of ether oxygens (including phenoxy) is 1. The van der Waals surface area contributed by atoms with Gasteiger partial charge < -0.3 is 4.74 Å². The summed E-state index contributed by atoms with van der Waals surface area (Å²) in [5.41, 5.74) is 1.13. The molecule has 2 aromatic carbocycles. The summed E-state index contributed by atoms with van der Waals surface area (Å²) in [6, 6.07) is 14.0. The van der Waals surface area contributed by atoms with Gasteiger partial charge in [0.25, 0.3) is 11.8 Å². The molecule has 0 spiro atoms. The molecule has 0 atom stereocenters. The molecule has 0 bridgehead atoms. The minimum Gasteiger partial charge on any atom is -0.456 e. The van der Waals surface area contributed by atoms with Gasteiger partial charge in [0, 0.05) is 12.0 Å². The third kappa shape index (κ3) is 5.64. The fourth-order valence-electron chi connectivity index (χ4n) is 1.94. The van der Waals surface area contributed by atoms with Crippen molar-refractivity contribution in [3.05, 3.63) is 71.5 Å². The third-order valence-electron chi connectivity index (χ3n) is 3.18. The fraction of sp³-hybridized carbons (Fsp3) is 0.167. The van der Waals surface area contributed by atoms with E-state index in [1.165, 1.54) is 12.1 Å². The maximum Gasteiger partial charge on any atom is 0.306 e. The Hall–Kier alpha value is -3.02. The van der Waals surface area contributed by atoms with Crippen LogP contribution in [0.4, 0.5) is 4.39 Å². The van der Waals surface area contributed by atoms with Crippen molar-refractivity contribution in [2.24, 2.45) is 0 Å². The van der Waals surface area contributed by atoms with Crippen molar-refractivity contribution in [3.63, 3.8) is 0 Å². The smallest absolute Gasteiger partial charge is 0.306 e. The van der Waals surface area contributed by atoms with Crippen LogP contribution in [0.1, 0.15) is 22.3 Å². The van der Waals surface area contributed by atoms with Crippen LogP contribution in [0, 0.1) is 5.82 Å². The van der Waals surface area contributed by atoms with Gasteiger partial charge in [-0.3, -0.25) is 19.7 Å². The number of hydrogen-bond acceptors (Lipinski definition) is 4. The highest BCUT2D eigenvalue weighted by molar-refractivity contribution is 6.05. The molecule has 5 nitrogen and oxygen atoms in total. The SMILES string of the molecule is O=C(COC(=O)CCc1ccc(F)cc1)NC(=O)c1ccccc1. The second-order valence-electron chi connectivity index (χ2n) is 5.03. The number of imide groups is 1. The molecule has 124 valence electrons. The average molecular weight is 329 g/mol. The highest BCUT2D eigenvalue weighted by atomic mass is 19.1. The molecule has 0 heterocycles. The quantitative estimate of drug-likeness (QED) is 0.825. The highest BCUT2D eigenvalue weighted by Crippen LogP contribution is 2.06. The van der Waals surface area contributed by atoms with E-state index in [-0.39, 0.29) is 12.2 Å². The summed E-state index contributed by atoms with van der Waals surface area (Å²) < 4.78 is 17.6. The first-order valence-corrected chi connectivity index (χ1v) is 7.34. The zero-order valence-corrected chi connectivity index (χ0v) is 12.8. The van der Waals surface area contributed by atoms with E-state index >= 15 is 0 Å². The summed E-state index contributed by atoms with van der Waals surface area (Å²) in [7, 11) is 0. The lowest BCUT2D eigenvalue weighted by Gasteiger charge is -2.06. The van der Waals surface area contributed by atoms with Crippen molar-refractivity contribution >= 4 is 17.8 Å². The minimum absolute atomic E-state index is 0.0611. The van der Waals surface area contributed by atoms with Gasteiger partial charge in [-0.2, -0.15) is 0 Å². The first-order valence-electron chi connectivity index (χ1n) is 7.34. The molecule has 0 saturated carbocycles. The minimum atomic E-state index is -0.695. The van der Waals surface area contributed by atoms with Crippen LogP contribution in [-0.4, -0.2) is 24.4 Å². The molecule has 0 radical (unpaired) electrons. The number of nitrogens with one attached hydrogen (secondary N) is 1. The third-order valence-corrected chi connectivity index (χ3v) is 3.18. The number of carbonyl (C=O) groups excluding carboxylic acids is 3. The molecule has 2 amide bonds. The van der Waals surface area contributed by atoms with E-state index in [9.17, 15) is 18.8 Å². The Bertz CT molecular complexity index is 714. The highest BCUT2D eigenvalue weighted by Gasteiger charge is 2.12. The molecule has 0 aliphatic rings. The number of rotatable bonds is 6. The number of aryl methyl sites for hydroxylation is 1. The summed E-state index contributed by atoms with van der Waals surface area (Å²) in [4.78, 5) is 34.9. The Morgan fingerprint density at radius 2 is 1.62 bits per heavy atom. The van der Waals surface area contributed by atoms with E-state index in [2.05, 4.69) is 5.32 Å². The van der Waals surface area contributed by atoms with Crippen molar-refractivity contribution in [3.8, 4) is 0 Å². The number of halogens is 1. The summed E-state index contributed by atoms with van der Waals surface area (Å²) in [5, 5.41) is 2.13. The first kappa shape index (κ1) is 17.3. The van der Waals surface area contributed by atoms with Crippen molar-refractivity contribution in [1.82, 2.24) is 5.32 Å². The van der Waals surface area contributed by atoms with Gasteiger partial charge in [0.05, 0.1) is 0 Å². The van der Waals surface area contributed by atoms with Crippen molar-refractivity contribution in [2.45, 2.75) is 12.8 Å². The fourth-order valence-corrected chi connectivity index (χ4v) is 1.94. The Morgan fingerprint density at radius 3 is 2.29 bits per heavy atom. The van der Waals surface area contributed by atoms with Gasteiger partial charge in [-0.15, -0.1) is 0 Å². The Morgan fingerprint density at radius 1 is 0.958 bits per heavy atom. The van der Waals surface area contributed by atoms with Crippen LogP contribution < -0.4 is 5.32 Å². The summed E-state index contributed by atoms with van der Waals surface area (Å²) in [6.07, 6.45) is 0.440. The van der Waals surface area contributed by atoms with Crippen LogP contribution in [0.3, 0.4) is 0 Å². The molecule has 0 aromatic heterocycles. The standard InChI is InChI=1S/C18H16FNO4/c19-15-9-6-13(7-10-15)8-11-17(22)24-12-16(21)20-18(23)14-4-2-1-3-5-14/h1-7,9-10H,8,11-12H2,(H,20,21,23). The molecule has 0 unspecified atom stereocenters. The second-order valence-corrected chi connectivity index (χ2v) is 5.03. The van der Waals surface area contributed by atoms with E-state index in [0.717, 1.165) is 5.56 Å². The topological polar surface area (TPSA) is 72.5 Å². The Balaban J connectivity index is 1.70. The Kier molecular flexibility index (Phi) is 6.19. The van der Waals surface area contributed by atoms with Gasteiger partial charge in [-0.1, -0.05) is 30.3 Å². The molecule has 0 saturated heterocycles. The number of carbonyl (C=O) groups is 3. The van der Waals surface area contributed by atoms with Crippen LogP contribution in [0.5, 0.6) is 0 Å². The molecule has 0 aliphatic heterocycles. The molecule has 6 heteroatoms. The van der Waals surface area contributed by atoms with Crippen LogP contribution in [0.25, 0.3) is 0 Å². The second kappa shape index (κ2) is 8.57. The summed E-state index contributed by atoms with van der Waals surface area (Å²) in [6.45, 7) is -0.527. The molecule has 0 aliphatic carbocycles. The van der Waals surface area contributed by atoms with Crippen molar-refractivity contribution in [1.29, 1.82) is 0 Å². The van der Waals surface area contributed by atoms with Crippen LogP contribution in [0.2, 0.25) is 0 Å². The predicted octanol–water partition coefficient (Wildman–Crippen LogP) is 2.26. The van der Waals surface area contributed by atoms with Crippen LogP contribution in [0.15, 0.2) is 54.6 Å². The molecule has 1 N–H and O–H groups in total. The summed E-state index contributed by atoms with van der Waals surface area (Å²) >= 11 is 0. The van der Waals surface area contributed by atoms with Crippen molar-refractivity contribution < 1.29 is 23.5 Å². The lowest BCUT2D eigenvalue weighted by atomic mass is 10.1. The van der Waals surface area contributed by atoms with E-state index in [0.29, 0.717) is 12.0 Å². The van der Waals surface area contributed by atoms with Crippen LogP contribution >= 0.6 is 0 Å². The van der Waals surface area contributed by atoms with Crippen molar-refractivity contribution in [2.75, 3.05) is 6.61 Å². The average Bonchev–Trinajstić information content (AvgIpc) is 2.60. The maximum absolute atomic E-state index is 12.8. The molecular formula is C18H16FNO4. The lowest BCUT2D eigenvalue weighted by Crippen LogP contribution is -2.34. The van der Waals surface area contributed by atoms with E-state index in [4.69, 9.17) is 4.74 Å². The molecule has 2 rings (SSSR count). The van der Waals surface area contributed by atoms with Gasteiger partial charge in [-0.25, -0.2) is 4.39 Å². The molecular weight excluding hydrogens is 313 g/mol. The lowest BCUT2D eigenvalue weighted by molar-refractivity contribution is -0.148. The molecule has 2 aromatic rings. The molecule has 24 heavy (non-hydrogen) atoms. The maximum atomic E-state index is 12.8. The number of hydrogen-bond donors (Lipinski definition) is 1. The van der Waals surface area contributed by atoms with E-state index in [1.54, 1.807) is 42.5 Å². The molecule has 0 fully saturated rings. The Labute approximate surface area is 138 Å².